The van der Waals surface area contributed by atoms with Crippen LogP contribution in [-0.4, -0.2) is 41.9 Å². The molecule has 5 nitrogen and oxygen atoms in total. The second-order valence-electron chi connectivity index (χ2n) is 6.43. The second-order valence-corrected chi connectivity index (χ2v) is 6.43. The lowest BCUT2D eigenvalue weighted by atomic mass is 9.93. The minimum absolute atomic E-state index is 0.0754. The molecule has 0 bridgehead atoms. The van der Waals surface area contributed by atoms with Crippen molar-refractivity contribution < 1.29 is 18.4 Å². The van der Waals surface area contributed by atoms with Crippen molar-refractivity contribution in [1.29, 1.82) is 0 Å². The Morgan fingerprint density at radius 1 is 1.29 bits per heavy atom. The van der Waals surface area contributed by atoms with Crippen molar-refractivity contribution >= 4 is 11.8 Å². The van der Waals surface area contributed by atoms with Crippen LogP contribution in [0.25, 0.3) is 0 Å². The minimum Gasteiger partial charge on any atom is -0.353 e. The van der Waals surface area contributed by atoms with E-state index in [1.165, 1.54) is 6.07 Å². The molecular weight excluding hydrogens is 316 g/mol. The smallest absolute Gasteiger partial charge is 0.237 e. The van der Waals surface area contributed by atoms with E-state index in [-0.39, 0.29) is 24.3 Å². The first kappa shape index (κ1) is 16.8. The van der Waals surface area contributed by atoms with Crippen LogP contribution in [0, 0.1) is 11.6 Å². The summed E-state index contributed by atoms with van der Waals surface area (Å²) in [7, 11) is 0. The molecule has 1 aromatic carbocycles. The molecule has 7 heteroatoms. The van der Waals surface area contributed by atoms with Gasteiger partial charge in [-0.15, -0.1) is 0 Å². The predicted molar refractivity (Wildman–Crippen MR) is 84.0 cm³/mol. The fourth-order valence-corrected chi connectivity index (χ4v) is 3.06. The van der Waals surface area contributed by atoms with Crippen molar-refractivity contribution in [3.63, 3.8) is 0 Å². The Hall–Kier alpha value is -2.02. The van der Waals surface area contributed by atoms with Gasteiger partial charge in [0.2, 0.25) is 11.8 Å². The van der Waals surface area contributed by atoms with Gasteiger partial charge in [-0.2, -0.15) is 0 Å². The zero-order chi connectivity index (χ0) is 17.1. The molecule has 0 spiro atoms. The van der Waals surface area contributed by atoms with Crippen molar-refractivity contribution in [2.45, 2.75) is 44.3 Å². The van der Waals surface area contributed by atoms with E-state index >= 15 is 0 Å². The molecule has 0 aromatic heterocycles. The van der Waals surface area contributed by atoms with Crippen LogP contribution in [0.15, 0.2) is 18.2 Å². The first-order chi connectivity index (χ1) is 11.5. The highest BCUT2D eigenvalue weighted by molar-refractivity contribution is 5.88. The Kier molecular flexibility index (Phi) is 5.08. The topological polar surface area (TPSA) is 61.4 Å². The fourth-order valence-electron chi connectivity index (χ4n) is 3.06. The molecule has 24 heavy (non-hydrogen) atoms. The summed E-state index contributed by atoms with van der Waals surface area (Å²) in [6.45, 7) is 1.33. The van der Waals surface area contributed by atoms with Gasteiger partial charge in [0, 0.05) is 25.7 Å². The highest BCUT2D eigenvalue weighted by atomic mass is 19.2. The Balaban J connectivity index is 1.65. The predicted octanol–water partition coefficient (Wildman–Crippen LogP) is 1.32. The number of benzene rings is 1. The van der Waals surface area contributed by atoms with Crippen LogP contribution in [0.1, 0.15) is 31.2 Å². The van der Waals surface area contributed by atoms with Crippen molar-refractivity contribution in [2.24, 2.45) is 0 Å². The molecule has 2 N–H and O–H groups in total. The highest BCUT2D eigenvalue weighted by Crippen LogP contribution is 2.19. The fraction of sp³-hybridized carbons (Fsp3) is 0.529. The van der Waals surface area contributed by atoms with Crippen LogP contribution >= 0.6 is 0 Å². The lowest BCUT2D eigenvalue weighted by molar-refractivity contribution is -0.134. The third-order valence-electron chi connectivity index (χ3n) is 4.66. The summed E-state index contributed by atoms with van der Waals surface area (Å²) in [5, 5.41) is 5.69. The van der Waals surface area contributed by atoms with Crippen LogP contribution < -0.4 is 10.6 Å². The number of halogens is 2. The third-order valence-corrected chi connectivity index (χ3v) is 4.66. The summed E-state index contributed by atoms with van der Waals surface area (Å²) in [4.78, 5) is 26.1. The maximum atomic E-state index is 13.4. The van der Waals surface area contributed by atoms with Gasteiger partial charge in [0.15, 0.2) is 11.6 Å². The molecule has 2 amide bonds. The maximum Gasteiger partial charge on any atom is 0.237 e. The summed E-state index contributed by atoms with van der Waals surface area (Å²) < 4.78 is 26.4. The summed E-state index contributed by atoms with van der Waals surface area (Å²) in [5.41, 5.74) is 0.577. The average molecular weight is 337 g/mol. The van der Waals surface area contributed by atoms with E-state index in [9.17, 15) is 18.4 Å². The molecule has 1 saturated carbocycles. The Labute approximate surface area is 139 Å². The zero-order valence-electron chi connectivity index (χ0n) is 13.4. The van der Waals surface area contributed by atoms with Gasteiger partial charge >= 0.3 is 0 Å². The average Bonchev–Trinajstić information content (AvgIpc) is 2.50. The first-order valence-electron chi connectivity index (χ1n) is 8.28. The zero-order valence-corrected chi connectivity index (χ0v) is 13.4. The number of hydrogen-bond acceptors (Lipinski definition) is 3. The van der Waals surface area contributed by atoms with Gasteiger partial charge < -0.3 is 10.6 Å². The molecule has 1 atom stereocenters. The van der Waals surface area contributed by atoms with Crippen molar-refractivity contribution in [2.75, 3.05) is 13.1 Å². The summed E-state index contributed by atoms with van der Waals surface area (Å²) in [5.74, 6) is -2.15. The van der Waals surface area contributed by atoms with Crippen LogP contribution in [0.5, 0.6) is 0 Å². The number of rotatable bonds is 5. The van der Waals surface area contributed by atoms with E-state index in [1.54, 1.807) is 0 Å². The molecule has 1 heterocycles. The Morgan fingerprint density at radius 3 is 2.75 bits per heavy atom. The standard InChI is InChI=1S/C17H21F2N3O2/c18-13-5-4-11(8-14(13)19)10-22-7-6-20-17(24)15(22)9-16(23)21-12-2-1-3-12/h4-5,8,12,15H,1-3,6-7,9-10H2,(H,20,24)(H,21,23). The number of carbonyl (C=O) groups is 2. The SMILES string of the molecule is O=C(CC1C(=O)NCCN1Cc1ccc(F)c(F)c1)NC1CCC1. The van der Waals surface area contributed by atoms with Crippen LogP contribution in [-0.2, 0) is 16.1 Å². The van der Waals surface area contributed by atoms with Crippen molar-refractivity contribution in [3.05, 3.63) is 35.4 Å². The van der Waals surface area contributed by atoms with Gasteiger partial charge in [0.05, 0.1) is 12.5 Å². The van der Waals surface area contributed by atoms with E-state index < -0.39 is 17.7 Å². The van der Waals surface area contributed by atoms with E-state index in [0.717, 1.165) is 31.4 Å². The molecule has 0 radical (unpaired) electrons. The molecule has 2 fully saturated rings. The van der Waals surface area contributed by atoms with Gasteiger partial charge in [-0.25, -0.2) is 8.78 Å². The number of amides is 2. The van der Waals surface area contributed by atoms with Gasteiger partial charge in [0.1, 0.15) is 0 Å². The van der Waals surface area contributed by atoms with E-state index in [2.05, 4.69) is 10.6 Å². The molecule has 1 saturated heterocycles. The van der Waals surface area contributed by atoms with Crippen molar-refractivity contribution in [3.8, 4) is 0 Å². The number of piperazine rings is 1. The monoisotopic (exact) mass is 337 g/mol. The molecule has 130 valence electrons. The molecule has 1 aliphatic carbocycles. The highest BCUT2D eigenvalue weighted by Gasteiger charge is 2.32. The number of hydrogen-bond donors (Lipinski definition) is 2. The number of nitrogens with one attached hydrogen (secondary N) is 2. The van der Waals surface area contributed by atoms with Gasteiger partial charge in [-0.3, -0.25) is 14.5 Å². The maximum absolute atomic E-state index is 13.4. The molecular formula is C17H21F2N3O2. The van der Waals surface area contributed by atoms with E-state index in [4.69, 9.17) is 0 Å². The molecule has 1 unspecified atom stereocenters. The number of nitrogens with zero attached hydrogens (tertiary/aromatic N) is 1. The summed E-state index contributed by atoms with van der Waals surface area (Å²) in [6, 6.07) is 3.34. The van der Waals surface area contributed by atoms with E-state index in [1.807, 2.05) is 4.90 Å². The molecule has 1 aliphatic heterocycles. The first-order valence-corrected chi connectivity index (χ1v) is 8.28. The van der Waals surface area contributed by atoms with Gasteiger partial charge in [-0.1, -0.05) is 6.07 Å². The summed E-state index contributed by atoms with van der Waals surface area (Å²) in [6.07, 6.45) is 3.17. The normalized spacial score (nSPS) is 21.9. The lowest BCUT2D eigenvalue weighted by Gasteiger charge is -2.35. The second kappa shape index (κ2) is 7.25. The minimum atomic E-state index is -0.909. The largest absolute Gasteiger partial charge is 0.353 e. The Morgan fingerprint density at radius 2 is 2.08 bits per heavy atom. The van der Waals surface area contributed by atoms with Crippen LogP contribution in [0.4, 0.5) is 8.78 Å². The quantitative estimate of drug-likeness (QED) is 0.852. The lowest BCUT2D eigenvalue weighted by Crippen LogP contribution is -2.56. The molecule has 1 aromatic rings. The molecule has 3 rings (SSSR count). The van der Waals surface area contributed by atoms with Gasteiger partial charge in [-0.05, 0) is 37.0 Å². The van der Waals surface area contributed by atoms with E-state index in [0.29, 0.717) is 25.2 Å². The Bertz CT molecular complexity index is 634. The third kappa shape index (κ3) is 3.90. The number of carbonyl (C=O) groups excluding carboxylic acids is 2. The van der Waals surface area contributed by atoms with Crippen molar-refractivity contribution in [1.82, 2.24) is 15.5 Å². The van der Waals surface area contributed by atoms with Gasteiger partial charge in [0.25, 0.3) is 0 Å². The van der Waals surface area contributed by atoms with Crippen LogP contribution in [0.2, 0.25) is 0 Å². The molecule has 2 aliphatic rings. The summed E-state index contributed by atoms with van der Waals surface area (Å²) >= 11 is 0. The van der Waals surface area contributed by atoms with Crippen LogP contribution in [0.3, 0.4) is 0 Å².